The predicted molar refractivity (Wildman–Crippen MR) is 114 cm³/mol. The highest BCUT2D eigenvalue weighted by Gasteiger charge is 2.17. The van der Waals surface area contributed by atoms with E-state index in [9.17, 15) is 9.59 Å². The Morgan fingerprint density at radius 2 is 1.93 bits per heavy atom. The van der Waals surface area contributed by atoms with E-state index in [4.69, 9.17) is 4.74 Å². The summed E-state index contributed by atoms with van der Waals surface area (Å²) in [7, 11) is 0. The summed E-state index contributed by atoms with van der Waals surface area (Å²) in [5, 5.41) is 5.92. The lowest BCUT2D eigenvalue weighted by Crippen LogP contribution is -2.36. The number of thioether (sulfide) groups is 1. The number of nitrogens with zero attached hydrogens (tertiary/aromatic N) is 1. The Hall–Kier alpha value is -2.35. The van der Waals surface area contributed by atoms with Crippen molar-refractivity contribution < 1.29 is 14.3 Å². The first kappa shape index (κ1) is 19.9. The molecule has 1 saturated heterocycles. The lowest BCUT2D eigenvalue weighted by Gasteiger charge is -2.27. The molecule has 0 radical (unpaired) electrons. The molecule has 152 valence electrons. The lowest BCUT2D eigenvalue weighted by atomic mass is 10.1. The lowest BCUT2D eigenvalue weighted by molar-refractivity contribution is -0.115. The molecule has 2 amide bonds. The van der Waals surface area contributed by atoms with Crippen molar-refractivity contribution >= 4 is 29.3 Å². The van der Waals surface area contributed by atoms with E-state index in [0.29, 0.717) is 18.5 Å². The third-order valence-corrected chi connectivity index (χ3v) is 6.23. The molecular weight excluding hydrogens is 386 g/mol. The number of benzene rings is 2. The molecule has 2 N–H and O–H groups in total. The van der Waals surface area contributed by atoms with E-state index in [1.807, 2.05) is 24.3 Å². The minimum Gasteiger partial charge on any atom is -0.379 e. The van der Waals surface area contributed by atoms with E-state index in [1.165, 1.54) is 5.56 Å². The van der Waals surface area contributed by atoms with Crippen LogP contribution in [0.25, 0.3) is 0 Å². The number of amides is 2. The van der Waals surface area contributed by atoms with Gasteiger partial charge in [-0.1, -0.05) is 24.3 Å². The van der Waals surface area contributed by atoms with Crippen LogP contribution in [0.1, 0.15) is 27.9 Å². The van der Waals surface area contributed by atoms with Gasteiger partial charge >= 0.3 is 0 Å². The van der Waals surface area contributed by atoms with Crippen LogP contribution in [0.15, 0.2) is 47.4 Å². The van der Waals surface area contributed by atoms with Crippen molar-refractivity contribution in [2.45, 2.75) is 24.4 Å². The number of morpholine rings is 1. The van der Waals surface area contributed by atoms with Crippen molar-refractivity contribution in [3.8, 4) is 0 Å². The zero-order valence-electron chi connectivity index (χ0n) is 16.3. The summed E-state index contributed by atoms with van der Waals surface area (Å²) in [6, 6.07) is 13.7. The Labute approximate surface area is 175 Å². The Morgan fingerprint density at radius 1 is 1.14 bits per heavy atom. The van der Waals surface area contributed by atoms with Crippen LogP contribution in [0, 0.1) is 0 Å². The summed E-state index contributed by atoms with van der Waals surface area (Å²) < 4.78 is 5.42. The molecule has 2 aromatic carbocycles. The first-order valence-corrected chi connectivity index (χ1v) is 10.9. The van der Waals surface area contributed by atoms with Gasteiger partial charge in [0.2, 0.25) is 5.91 Å². The first-order valence-electron chi connectivity index (χ1n) is 9.91. The molecule has 0 aliphatic carbocycles. The number of anilines is 1. The molecule has 4 rings (SSSR count). The zero-order valence-corrected chi connectivity index (χ0v) is 17.1. The number of carbonyl (C=O) groups is 2. The average Bonchev–Trinajstić information content (AvgIpc) is 2.93. The van der Waals surface area contributed by atoms with Crippen LogP contribution in [0.5, 0.6) is 0 Å². The second-order valence-corrected chi connectivity index (χ2v) is 8.33. The summed E-state index contributed by atoms with van der Waals surface area (Å²) in [4.78, 5) is 27.9. The van der Waals surface area contributed by atoms with Gasteiger partial charge in [0.05, 0.1) is 18.9 Å². The van der Waals surface area contributed by atoms with Crippen molar-refractivity contribution in [2.24, 2.45) is 0 Å². The van der Waals surface area contributed by atoms with E-state index >= 15 is 0 Å². The largest absolute Gasteiger partial charge is 0.379 e. The van der Waals surface area contributed by atoms with Gasteiger partial charge in [-0.3, -0.25) is 14.5 Å². The number of hydrogen-bond donors (Lipinski definition) is 2. The SMILES string of the molecule is O=C1CCSc2ccc(C(=O)NCc3ccccc3CN3CCOCC3)cc2N1. The number of ether oxygens (including phenoxy) is 1. The van der Waals surface area contributed by atoms with Crippen LogP contribution in [0.3, 0.4) is 0 Å². The molecule has 0 saturated carbocycles. The molecule has 0 unspecified atom stereocenters. The first-order chi connectivity index (χ1) is 14.2. The second-order valence-electron chi connectivity index (χ2n) is 7.20. The highest BCUT2D eigenvalue weighted by Crippen LogP contribution is 2.31. The molecular formula is C22H25N3O3S. The summed E-state index contributed by atoms with van der Waals surface area (Å²) >= 11 is 1.63. The molecule has 0 spiro atoms. The van der Waals surface area contributed by atoms with Crippen LogP contribution in [-0.2, 0) is 22.6 Å². The summed E-state index contributed by atoms with van der Waals surface area (Å²) in [5.74, 6) is 0.605. The molecule has 0 atom stereocenters. The maximum absolute atomic E-state index is 12.7. The summed E-state index contributed by atoms with van der Waals surface area (Å²) in [5.41, 5.74) is 3.61. The number of fused-ring (bicyclic) bond motifs is 1. The zero-order chi connectivity index (χ0) is 20.1. The maximum Gasteiger partial charge on any atom is 0.251 e. The molecule has 6 nitrogen and oxygen atoms in total. The fourth-order valence-corrected chi connectivity index (χ4v) is 4.46. The molecule has 29 heavy (non-hydrogen) atoms. The monoisotopic (exact) mass is 411 g/mol. The standard InChI is InChI=1S/C22H25N3O3S/c26-21-7-12-29-20-6-5-16(13-19(20)24-21)22(27)23-14-17-3-1-2-4-18(17)15-25-8-10-28-11-9-25/h1-6,13H,7-12,14-15H2,(H,23,27)(H,24,26). The third-order valence-electron chi connectivity index (χ3n) is 5.16. The van der Waals surface area contributed by atoms with Crippen molar-refractivity contribution in [3.05, 3.63) is 59.2 Å². The van der Waals surface area contributed by atoms with E-state index < -0.39 is 0 Å². The predicted octanol–water partition coefficient (Wildman–Crippen LogP) is 2.88. The number of hydrogen-bond acceptors (Lipinski definition) is 5. The molecule has 1 fully saturated rings. The molecule has 2 aliphatic rings. The molecule has 2 aromatic rings. The third kappa shape index (κ3) is 5.18. The number of rotatable bonds is 5. The molecule has 0 bridgehead atoms. The van der Waals surface area contributed by atoms with Crippen LogP contribution in [-0.4, -0.2) is 48.8 Å². The quantitative estimate of drug-likeness (QED) is 0.792. The Bertz CT molecular complexity index is 897. The van der Waals surface area contributed by atoms with Gasteiger partial charge in [-0.15, -0.1) is 11.8 Å². The van der Waals surface area contributed by atoms with E-state index in [1.54, 1.807) is 17.8 Å². The van der Waals surface area contributed by atoms with Gasteiger partial charge in [0.1, 0.15) is 0 Å². The maximum atomic E-state index is 12.7. The summed E-state index contributed by atoms with van der Waals surface area (Å²) in [6.07, 6.45) is 0.487. The molecule has 7 heteroatoms. The number of nitrogens with one attached hydrogen (secondary N) is 2. The van der Waals surface area contributed by atoms with Gasteiger partial charge in [0, 0.05) is 48.8 Å². The molecule has 2 aliphatic heterocycles. The van der Waals surface area contributed by atoms with Crippen molar-refractivity contribution in [2.75, 3.05) is 37.4 Å². The molecule has 2 heterocycles. The van der Waals surface area contributed by atoms with Crippen LogP contribution in [0.2, 0.25) is 0 Å². The average molecular weight is 412 g/mol. The van der Waals surface area contributed by atoms with Crippen LogP contribution >= 0.6 is 11.8 Å². The van der Waals surface area contributed by atoms with Gasteiger partial charge in [-0.05, 0) is 29.3 Å². The fraction of sp³-hybridized carbons (Fsp3) is 0.364. The normalized spacial score (nSPS) is 17.2. The second kappa shape index (κ2) is 9.43. The Morgan fingerprint density at radius 3 is 2.76 bits per heavy atom. The van der Waals surface area contributed by atoms with Gasteiger partial charge in [-0.25, -0.2) is 0 Å². The Balaban J connectivity index is 1.42. The highest BCUT2D eigenvalue weighted by atomic mass is 32.2. The van der Waals surface area contributed by atoms with E-state index in [-0.39, 0.29) is 11.8 Å². The van der Waals surface area contributed by atoms with Crippen molar-refractivity contribution in [1.82, 2.24) is 10.2 Å². The topological polar surface area (TPSA) is 70.7 Å². The highest BCUT2D eigenvalue weighted by molar-refractivity contribution is 7.99. The Kier molecular flexibility index (Phi) is 6.49. The van der Waals surface area contributed by atoms with Gasteiger partial charge in [-0.2, -0.15) is 0 Å². The van der Waals surface area contributed by atoms with Gasteiger partial charge < -0.3 is 15.4 Å². The van der Waals surface area contributed by atoms with E-state index in [0.717, 1.165) is 54.7 Å². The van der Waals surface area contributed by atoms with Crippen LogP contribution < -0.4 is 10.6 Å². The smallest absolute Gasteiger partial charge is 0.251 e. The van der Waals surface area contributed by atoms with Crippen molar-refractivity contribution in [1.29, 1.82) is 0 Å². The van der Waals surface area contributed by atoms with Crippen molar-refractivity contribution in [3.63, 3.8) is 0 Å². The summed E-state index contributed by atoms with van der Waals surface area (Å²) in [6.45, 7) is 4.73. The minimum atomic E-state index is -0.141. The number of carbonyl (C=O) groups excluding carboxylic acids is 2. The minimum absolute atomic E-state index is 0.00847. The van der Waals surface area contributed by atoms with Crippen LogP contribution in [0.4, 0.5) is 5.69 Å². The molecule has 0 aromatic heterocycles. The fourth-order valence-electron chi connectivity index (χ4n) is 3.52. The van der Waals surface area contributed by atoms with Gasteiger partial charge in [0.15, 0.2) is 0 Å². The van der Waals surface area contributed by atoms with E-state index in [2.05, 4.69) is 27.7 Å². The van der Waals surface area contributed by atoms with Gasteiger partial charge in [0.25, 0.3) is 5.91 Å².